The number of thiol groups is 1. The van der Waals surface area contributed by atoms with Crippen LogP contribution in [0.4, 0.5) is 0 Å². The average Bonchev–Trinajstić information content (AvgIpc) is 2.89. The largest absolute Gasteiger partial charge is 0.402 e. The molecule has 6 nitrogen and oxygen atoms in total. The van der Waals surface area contributed by atoms with Crippen LogP contribution in [0.3, 0.4) is 0 Å². The van der Waals surface area contributed by atoms with Crippen LogP contribution in [0.1, 0.15) is 31.3 Å². The minimum Gasteiger partial charge on any atom is -0.402 e. The Morgan fingerprint density at radius 1 is 1.33 bits per heavy atom. The first-order valence-corrected chi connectivity index (χ1v) is 7.99. The Labute approximate surface area is 152 Å². The van der Waals surface area contributed by atoms with Gasteiger partial charge in [0.2, 0.25) is 0 Å². The highest BCUT2D eigenvalue weighted by atomic mass is 35.5. The molecule has 24 heavy (non-hydrogen) atoms. The molecule has 0 atom stereocenters. The van der Waals surface area contributed by atoms with Gasteiger partial charge in [-0.1, -0.05) is 25.4 Å². The van der Waals surface area contributed by atoms with E-state index in [1.807, 2.05) is 19.9 Å². The molecular formula is C16H25ClN4O2S. The molecule has 0 fully saturated rings. The van der Waals surface area contributed by atoms with Gasteiger partial charge in [-0.05, 0) is 37.2 Å². The number of carbonyl (C=O) groups excluding carboxylic acids is 1. The van der Waals surface area contributed by atoms with Crippen molar-refractivity contribution in [1.82, 2.24) is 4.98 Å². The van der Waals surface area contributed by atoms with Crippen molar-refractivity contribution < 1.29 is 9.90 Å². The molecule has 0 spiro atoms. The summed E-state index contributed by atoms with van der Waals surface area (Å²) in [5.74, 6) is -0.465. The van der Waals surface area contributed by atoms with Crippen LogP contribution in [0.5, 0.6) is 0 Å². The Morgan fingerprint density at radius 2 is 1.88 bits per heavy atom. The zero-order valence-electron chi connectivity index (χ0n) is 14.0. The number of fused-ring (bicyclic) bond motifs is 1. The number of nitrogens with one attached hydrogen (secondary N) is 1. The van der Waals surface area contributed by atoms with Gasteiger partial charge in [0, 0.05) is 26.5 Å². The van der Waals surface area contributed by atoms with Gasteiger partial charge in [-0.2, -0.15) is 0 Å². The molecule has 1 heterocycles. The van der Waals surface area contributed by atoms with Crippen LogP contribution in [-0.2, 0) is 0 Å². The topological polar surface area (TPSA) is 131 Å². The lowest BCUT2D eigenvalue weighted by atomic mass is 10.2. The molecule has 1 aromatic heterocycles. The SMILES string of the molecule is C/C(N)=C(/S)CO.CC(C)N.NC(=O)c1cc2cc(Cl)ccc2[nH]1. The van der Waals surface area contributed by atoms with Crippen molar-refractivity contribution in [3.8, 4) is 0 Å². The van der Waals surface area contributed by atoms with Gasteiger partial charge in [0.1, 0.15) is 5.69 Å². The van der Waals surface area contributed by atoms with Gasteiger partial charge in [0.15, 0.2) is 0 Å². The minimum absolute atomic E-state index is 0.0640. The van der Waals surface area contributed by atoms with Crippen LogP contribution in [0.2, 0.25) is 5.02 Å². The highest BCUT2D eigenvalue weighted by Gasteiger charge is 2.04. The number of allylic oxidation sites excluding steroid dienone is 1. The number of aliphatic hydroxyl groups is 1. The van der Waals surface area contributed by atoms with Crippen LogP contribution in [0.25, 0.3) is 10.9 Å². The second-order valence-electron chi connectivity index (χ2n) is 5.31. The van der Waals surface area contributed by atoms with E-state index in [2.05, 4.69) is 17.6 Å². The first kappa shape index (κ1) is 22.3. The number of hydrogen-bond acceptors (Lipinski definition) is 5. The van der Waals surface area contributed by atoms with E-state index >= 15 is 0 Å². The standard InChI is InChI=1S/C9H7ClN2O.C4H9NOS.C3H9N/c10-6-1-2-7-5(3-6)4-8(12-7)9(11)13;1-3(5)4(7)2-6;1-3(2)4/h1-4,12H,(H2,11,13);6-7H,2,5H2,1H3;3H,4H2,1-2H3/b;4-3-;. The quantitative estimate of drug-likeness (QED) is 0.451. The lowest BCUT2D eigenvalue weighted by Gasteiger charge is -1.93. The van der Waals surface area contributed by atoms with Gasteiger partial charge in [0.05, 0.1) is 6.61 Å². The summed E-state index contributed by atoms with van der Waals surface area (Å²) in [5.41, 5.74) is 17.2. The van der Waals surface area contributed by atoms with Crippen molar-refractivity contribution in [3.63, 3.8) is 0 Å². The van der Waals surface area contributed by atoms with E-state index < -0.39 is 5.91 Å². The molecule has 0 saturated carbocycles. The first-order valence-electron chi connectivity index (χ1n) is 7.17. The Hall–Kier alpha value is -1.67. The Balaban J connectivity index is 0.000000408. The van der Waals surface area contributed by atoms with E-state index in [0.29, 0.717) is 27.4 Å². The smallest absolute Gasteiger partial charge is 0.265 e. The lowest BCUT2D eigenvalue weighted by Crippen LogP contribution is -2.10. The summed E-state index contributed by atoms with van der Waals surface area (Å²) < 4.78 is 0. The number of aliphatic hydroxyl groups excluding tert-OH is 1. The monoisotopic (exact) mass is 372 g/mol. The number of rotatable bonds is 2. The number of aromatic nitrogens is 1. The highest BCUT2D eigenvalue weighted by Crippen LogP contribution is 2.19. The summed E-state index contributed by atoms with van der Waals surface area (Å²) in [6, 6.07) is 7.36. The molecule has 1 aromatic carbocycles. The van der Waals surface area contributed by atoms with E-state index in [-0.39, 0.29) is 6.61 Å². The van der Waals surface area contributed by atoms with Gasteiger partial charge >= 0.3 is 0 Å². The molecule has 1 amide bonds. The molecule has 0 aliphatic carbocycles. The van der Waals surface area contributed by atoms with Gasteiger partial charge in [0.25, 0.3) is 5.91 Å². The lowest BCUT2D eigenvalue weighted by molar-refractivity contribution is 0.0996. The third-order valence-corrected chi connectivity index (χ3v) is 3.18. The van der Waals surface area contributed by atoms with Crippen LogP contribution in [0.15, 0.2) is 34.9 Å². The van der Waals surface area contributed by atoms with Crippen LogP contribution < -0.4 is 17.2 Å². The maximum atomic E-state index is 10.8. The summed E-state index contributed by atoms with van der Waals surface area (Å²) >= 11 is 9.61. The summed E-state index contributed by atoms with van der Waals surface area (Å²) in [6.07, 6.45) is 0. The molecule has 8 heteroatoms. The summed E-state index contributed by atoms with van der Waals surface area (Å²) in [7, 11) is 0. The van der Waals surface area contributed by atoms with Crippen molar-refractivity contribution in [2.75, 3.05) is 6.61 Å². The summed E-state index contributed by atoms with van der Waals surface area (Å²) in [6.45, 7) is 5.52. The molecule has 2 rings (SSSR count). The number of primary amides is 1. The fraction of sp³-hybridized carbons (Fsp3) is 0.312. The number of halogens is 1. The van der Waals surface area contributed by atoms with Gasteiger partial charge in [-0.25, -0.2) is 0 Å². The van der Waals surface area contributed by atoms with Crippen molar-refractivity contribution in [2.45, 2.75) is 26.8 Å². The number of nitrogens with two attached hydrogens (primary N) is 3. The molecule has 134 valence electrons. The van der Waals surface area contributed by atoms with E-state index in [0.717, 1.165) is 10.9 Å². The van der Waals surface area contributed by atoms with E-state index in [4.69, 9.17) is 33.9 Å². The molecule has 8 N–H and O–H groups in total. The van der Waals surface area contributed by atoms with E-state index in [1.165, 1.54) is 0 Å². The fourth-order valence-corrected chi connectivity index (χ4v) is 1.54. The molecule has 0 saturated heterocycles. The number of aromatic amines is 1. The Bertz CT molecular complexity index is 692. The zero-order chi connectivity index (χ0) is 18.9. The van der Waals surface area contributed by atoms with E-state index in [9.17, 15) is 4.79 Å². The maximum Gasteiger partial charge on any atom is 0.265 e. The van der Waals surface area contributed by atoms with Crippen molar-refractivity contribution in [3.05, 3.63) is 45.6 Å². The second-order valence-corrected chi connectivity index (χ2v) is 6.29. The molecule has 0 bridgehead atoms. The van der Waals surface area contributed by atoms with Crippen LogP contribution >= 0.6 is 24.2 Å². The third kappa shape index (κ3) is 8.83. The third-order valence-electron chi connectivity index (χ3n) is 2.45. The van der Waals surface area contributed by atoms with Gasteiger partial charge in [-0.15, -0.1) is 12.6 Å². The fourth-order valence-electron chi connectivity index (χ4n) is 1.36. The number of benzene rings is 1. The van der Waals surface area contributed by atoms with Crippen molar-refractivity contribution in [2.24, 2.45) is 17.2 Å². The number of hydrogen-bond donors (Lipinski definition) is 6. The number of amides is 1. The number of carbonyl (C=O) groups is 1. The number of H-pyrrole nitrogens is 1. The first-order chi connectivity index (χ1) is 11.1. The van der Waals surface area contributed by atoms with Crippen LogP contribution in [0, 0.1) is 0 Å². The molecular weight excluding hydrogens is 348 g/mol. The molecule has 0 aliphatic heterocycles. The normalized spacial score (nSPS) is 11.2. The maximum absolute atomic E-state index is 10.8. The Morgan fingerprint density at radius 3 is 2.25 bits per heavy atom. The average molecular weight is 373 g/mol. The predicted octanol–water partition coefficient (Wildman–Crippen LogP) is 2.37. The second kappa shape index (κ2) is 11.0. The highest BCUT2D eigenvalue weighted by molar-refractivity contribution is 7.84. The minimum atomic E-state index is -0.465. The summed E-state index contributed by atoms with van der Waals surface area (Å²) in [5, 5.41) is 9.82. The van der Waals surface area contributed by atoms with Crippen LogP contribution in [-0.4, -0.2) is 28.6 Å². The van der Waals surface area contributed by atoms with Crippen molar-refractivity contribution >= 4 is 41.0 Å². The molecule has 0 unspecified atom stereocenters. The molecule has 0 radical (unpaired) electrons. The molecule has 2 aromatic rings. The van der Waals surface area contributed by atoms with Crippen molar-refractivity contribution in [1.29, 1.82) is 0 Å². The Kier molecular flexibility index (Phi) is 10.2. The zero-order valence-corrected chi connectivity index (χ0v) is 15.7. The van der Waals surface area contributed by atoms with Gasteiger partial charge in [-0.3, -0.25) is 4.79 Å². The predicted molar refractivity (Wildman–Crippen MR) is 104 cm³/mol. The molecule has 0 aliphatic rings. The van der Waals surface area contributed by atoms with E-state index in [1.54, 1.807) is 25.1 Å². The summed E-state index contributed by atoms with van der Waals surface area (Å²) in [4.78, 5) is 14.2. The van der Waals surface area contributed by atoms with Gasteiger partial charge < -0.3 is 27.3 Å².